The molecule has 46 heavy (non-hydrogen) atoms. The number of nitrogens with two attached hydrogens (primary N) is 1. The van der Waals surface area contributed by atoms with E-state index in [2.05, 4.69) is 33.6 Å². The van der Waals surface area contributed by atoms with Gasteiger partial charge in [0.1, 0.15) is 12.0 Å². The monoisotopic (exact) mass is 622 g/mol. The first-order chi connectivity index (χ1) is 22.4. The standard InChI is InChI=1S/C35H39FN8O2/c1-21-28(11-12-32(39-21)44-17-14-33(42-44)46-2)40-31(26-4-3-15-38-34(26)37)19-22-5-9-25-24(18-22)8-10-29(25)41-30-13-16-43(20-27(30)36)35(45)23-6-7-23/h3-5,9,11-12,14-15,17-18,23,27,29-30,41H,6-8,10,13,16,19-20H2,1-2H3,(H2,37,38)/t27?,29-,30?/m0/s1. The maximum absolute atomic E-state index is 15.2. The Labute approximate surface area is 267 Å². The summed E-state index contributed by atoms with van der Waals surface area (Å²) in [4.78, 5) is 28.3. The number of rotatable bonds is 9. The van der Waals surface area contributed by atoms with E-state index in [1.807, 2.05) is 31.2 Å². The summed E-state index contributed by atoms with van der Waals surface area (Å²) in [5, 5.41) is 7.97. The molecular weight excluding hydrogens is 583 g/mol. The third-order valence-corrected chi connectivity index (χ3v) is 9.31. The van der Waals surface area contributed by atoms with Crippen molar-refractivity contribution in [2.24, 2.45) is 10.9 Å². The van der Waals surface area contributed by atoms with Crippen molar-refractivity contribution in [3.05, 3.63) is 88.9 Å². The molecule has 1 amide bonds. The summed E-state index contributed by atoms with van der Waals surface area (Å²) in [6.45, 7) is 2.74. The second-order valence-corrected chi connectivity index (χ2v) is 12.5. The van der Waals surface area contributed by atoms with Crippen LogP contribution in [0.1, 0.15) is 59.7 Å². The highest BCUT2D eigenvalue weighted by atomic mass is 19.1. The van der Waals surface area contributed by atoms with Gasteiger partial charge in [-0.1, -0.05) is 18.2 Å². The summed E-state index contributed by atoms with van der Waals surface area (Å²) in [6.07, 6.45) is 7.35. The molecule has 0 spiro atoms. The van der Waals surface area contributed by atoms with Gasteiger partial charge < -0.3 is 20.7 Å². The molecule has 0 radical (unpaired) electrons. The Bertz CT molecular complexity index is 1780. The quantitative estimate of drug-likeness (QED) is 0.256. The van der Waals surface area contributed by atoms with E-state index in [1.165, 1.54) is 11.1 Å². The summed E-state index contributed by atoms with van der Waals surface area (Å²) in [5.74, 6) is 1.87. The minimum Gasteiger partial charge on any atom is -0.480 e. The van der Waals surface area contributed by atoms with Crippen LogP contribution >= 0.6 is 0 Å². The number of ether oxygens (including phenoxy) is 1. The van der Waals surface area contributed by atoms with Gasteiger partial charge in [-0.05, 0) is 80.0 Å². The van der Waals surface area contributed by atoms with Crippen molar-refractivity contribution in [1.82, 2.24) is 30.0 Å². The molecule has 1 saturated heterocycles. The number of carbonyl (C=O) groups excluding carboxylic acids is 1. The largest absolute Gasteiger partial charge is 0.480 e. The zero-order valence-electron chi connectivity index (χ0n) is 26.2. The number of amides is 1. The van der Waals surface area contributed by atoms with E-state index in [4.69, 9.17) is 20.4 Å². The topological polar surface area (TPSA) is 124 Å². The van der Waals surface area contributed by atoms with Crippen molar-refractivity contribution in [2.45, 2.75) is 63.7 Å². The molecule has 11 heteroatoms. The molecule has 1 aliphatic heterocycles. The number of benzene rings is 1. The van der Waals surface area contributed by atoms with Gasteiger partial charge in [0.15, 0.2) is 5.82 Å². The van der Waals surface area contributed by atoms with E-state index in [-0.39, 0.29) is 30.5 Å². The zero-order valence-corrected chi connectivity index (χ0v) is 26.2. The SMILES string of the molecule is COc1ccn(-c2ccc(N=C(Cc3ccc4c(c3)CC[C@@H]4NC3CCN(C(=O)C4CC4)CC3F)c3cccnc3N)c(C)n2)n1. The molecule has 4 aromatic rings. The summed E-state index contributed by atoms with van der Waals surface area (Å²) < 4.78 is 22.1. The number of nitrogens with one attached hydrogen (secondary N) is 1. The maximum Gasteiger partial charge on any atom is 0.232 e. The first-order valence-corrected chi connectivity index (χ1v) is 16.0. The molecule has 2 aliphatic carbocycles. The van der Waals surface area contributed by atoms with Crippen molar-refractivity contribution < 1.29 is 13.9 Å². The zero-order chi connectivity index (χ0) is 31.8. The molecule has 0 bridgehead atoms. The van der Waals surface area contributed by atoms with Gasteiger partial charge in [0.05, 0.1) is 30.7 Å². The molecule has 1 saturated carbocycles. The van der Waals surface area contributed by atoms with Crippen LogP contribution in [0.2, 0.25) is 0 Å². The molecule has 4 heterocycles. The highest BCUT2D eigenvalue weighted by Crippen LogP contribution is 2.35. The number of hydrogen-bond donors (Lipinski definition) is 2. The number of nitrogen functional groups attached to an aromatic ring is 1. The van der Waals surface area contributed by atoms with E-state index in [0.29, 0.717) is 36.9 Å². The normalized spacial score (nSPS) is 21.3. The number of hydrogen-bond acceptors (Lipinski definition) is 8. The Balaban J connectivity index is 1.09. The number of fused-ring (bicyclic) bond motifs is 1. The molecule has 10 nitrogen and oxygen atoms in total. The predicted molar refractivity (Wildman–Crippen MR) is 174 cm³/mol. The second kappa shape index (κ2) is 12.6. The fourth-order valence-electron chi connectivity index (χ4n) is 6.62. The maximum atomic E-state index is 15.2. The Morgan fingerprint density at radius 3 is 2.76 bits per heavy atom. The lowest BCUT2D eigenvalue weighted by atomic mass is 9.97. The molecule has 238 valence electrons. The van der Waals surface area contributed by atoms with Gasteiger partial charge in [-0.3, -0.25) is 9.79 Å². The van der Waals surface area contributed by atoms with Crippen LogP contribution in [0.25, 0.3) is 5.82 Å². The summed E-state index contributed by atoms with van der Waals surface area (Å²) in [6, 6.07) is 15.8. The van der Waals surface area contributed by atoms with Crippen molar-refractivity contribution in [3.63, 3.8) is 0 Å². The van der Waals surface area contributed by atoms with Crippen LogP contribution < -0.4 is 15.8 Å². The van der Waals surface area contributed by atoms with Crippen molar-refractivity contribution in [1.29, 1.82) is 0 Å². The minimum absolute atomic E-state index is 0.0992. The van der Waals surface area contributed by atoms with E-state index < -0.39 is 6.17 Å². The van der Waals surface area contributed by atoms with Crippen LogP contribution in [-0.4, -0.2) is 68.7 Å². The predicted octanol–water partition coefficient (Wildman–Crippen LogP) is 4.85. The molecule has 1 aromatic carbocycles. The van der Waals surface area contributed by atoms with E-state index >= 15 is 4.39 Å². The highest BCUT2D eigenvalue weighted by molar-refractivity contribution is 6.06. The second-order valence-electron chi connectivity index (χ2n) is 12.5. The number of aliphatic imine (C=N–C) groups is 1. The first-order valence-electron chi connectivity index (χ1n) is 16.0. The Morgan fingerprint density at radius 2 is 2.02 bits per heavy atom. The lowest BCUT2D eigenvalue weighted by Gasteiger charge is -2.36. The number of aromatic nitrogens is 4. The van der Waals surface area contributed by atoms with Gasteiger partial charge in [0, 0.05) is 55.0 Å². The lowest BCUT2D eigenvalue weighted by molar-refractivity contribution is -0.135. The van der Waals surface area contributed by atoms with Crippen LogP contribution in [0.3, 0.4) is 0 Å². The van der Waals surface area contributed by atoms with Crippen LogP contribution in [0.5, 0.6) is 5.88 Å². The third kappa shape index (κ3) is 6.24. The number of alkyl halides is 1. The number of halogens is 1. The number of methoxy groups -OCH3 is 1. The highest BCUT2D eigenvalue weighted by Gasteiger charge is 2.39. The van der Waals surface area contributed by atoms with E-state index in [1.54, 1.807) is 35.2 Å². The van der Waals surface area contributed by atoms with Crippen LogP contribution in [0.15, 0.2) is 65.9 Å². The molecule has 3 aliphatic rings. The van der Waals surface area contributed by atoms with Gasteiger partial charge in [0.2, 0.25) is 11.8 Å². The third-order valence-electron chi connectivity index (χ3n) is 9.31. The molecule has 7 rings (SSSR count). The average molecular weight is 623 g/mol. The summed E-state index contributed by atoms with van der Waals surface area (Å²) in [7, 11) is 1.58. The van der Waals surface area contributed by atoms with Crippen molar-refractivity contribution in [2.75, 3.05) is 25.9 Å². The van der Waals surface area contributed by atoms with Crippen LogP contribution in [0.4, 0.5) is 15.9 Å². The number of anilines is 1. The number of likely N-dealkylation sites (tertiary alicyclic amines) is 1. The van der Waals surface area contributed by atoms with Gasteiger partial charge in [0.25, 0.3) is 0 Å². The van der Waals surface area contributed by atoms with E-state index in [0.717, 1.165) is 53.9 Å². The number of pyridine rings is 2. The molecule has 2 unspecified atom stereocenters. The Kier molecular flexibility index (Phi) is 8.25. The summed E-state index contributed by atoms with van der Waals surface area (Å²) >= 11 is 0. The molecule has 3 atom stereocenters. The van der Waals surface area contributed by atoms with Gasteiger partial charge >= 0.3 is 0 Å². The number of piperidine rings is 1. The Morgan fingerprint density at radius 1 is 1.15 bits per heavy atom. The summed E-state index contributed by atoms with van der Waals surface area (Å²) in [5.41, 5.74) is 13.0. The molecule has 2 fully saturated rings. The minimum atomic E-state index is -1.06. The molecule has 3 N–H and O–H groups in total. The smallest absolute Gasteiger partial charge is 0.232 e. The molecular formula is C35H39FN8O2. The Hall–Kier alpha value is -4.64. The number of carbonyl (C=O) groups is 1. The van der Waals surface area contributed by atoms with Crippen molar-refractivity contribution >= 4 is 23.1 Å². The van der Waals surface area contributed by atoms with Gasteiger partial charge in [-0.15, -0.1) is 5.10 Å². The van der Waals surface area contributed by atoms with Crippen molar-refractivity contribution in [3.8, 4) is 11.7 Å². The number of aryl methyl sites for hydroxylation is 2. The average Bonchev–Trinajstić information content (AvgIpc) is 3.67. The lowest BCUT2D eigenvalue weighted by Crippen LogP contribution is -2.53. The first kappa shape index (κ1) is 30.0. The fourth-order valence-corrected chi connectivity index (χ4v) is 6.62. The van der Waals surface area contributed by atoms with Crippen LogP contribution in [0, 0.1) is 12.8 Å². The van der Waals surface area contributed by atoms with Gasteiger partial charge in [-0.25, -0.2) is 19.0 Å². The van der Waals surface area contributed by atoms with E-state index in [9.17, 15) is 4.79 Å². The fraction of sp³-hybridized carbons (Fsp3) is 0.400. The number of nitrogens with zero attached hydrogens (tertiary/aromatic N) is 6. The molecule has 3 aromatic heterocycles. The van der Waals surface area contributed by atoms with Gasteiger partial charge in [-0.2, -0.15) is 0 Å². The van der Waals surface area contributed by atoms with Crippen LogP contribution in [-0.2, 0) is 17.6 Å².